The van der Waals surface area contributed by atoms with E-state index in [9.17, 15) is 14.7 Å². The Morgan fingerprint density at radius 3 is 2.47 bits per heavy atom. The van der Waals surface area contributed by atoms with E-state index in [-0.39, 0.29) is 17.4 Å². The Kier molecular flexibility index (Phi) is 5.28. The molecule has 1 saturated carbocycles. The third-order valence-corrected chi connectivity index (χ3v) is 7.08. The molecule has 1 N–H and O–H groups in total. The van der Waals surface area contributed by atoms with Gasteiger partial charge in [0.1, 0.15) is 11.5 Å². The second-order valence-electron chi connectivity index (χ2n) is 9.39. The van der Waals surface area contributed by atoms with Gasteiger partial charge in [-0.05, 0) is 53.6 Å². The number of nitrogens with zero attached hydrogens (tertiary/aromatic N) is 1. The Morgan fingerprint density at radius 1 is 1.06 bits per heavy atom. The van der Waals surface area contributed by atoms with Gasteiger partial charge in [0.2, 0.25) is 0 Å². The van der Waals surface area contributed by atoms with Crippen molar-refractivity contribution in [1.82, 2.24) is 4.90 Å². The van der Waals surface area contributed by atoms with Crippen molar-refractivity contribution in [3.63, 3.8) is 0 Å². The zero-order valence-corrected chi connectivity index (χ0v) is 18.6. The quantitative estimate of drug-likeness (QED) is 0.415. The van der Waals surface area contributed by atoms with Gasteiger partial charge in [-0.3, -0.25) is 9.59 Å². The molecule has 1 amide bonds. The first kappa shape index (κ1) is 20.8. The van der Waals surface area contributed by atoms with E-state index in [2.05, 4.69) is 26.0 Å². The lowest BCUT2D eigenvalue weighted by Gasteiger charge is -2.31. The number of hydrogen-bond donors (Lipinski definition) is 1. The normalized spacial score (nSPS) is 22.6. The molecule has 2 heterocycles. The van der Waals surface area contributed by atoms with Crippen LogP contribution < -0.4 is 4.74 Å². The van der Waals surface area contributed by atoms with Gasteiger partial charge in [-0.1, -0.05) is 51.0 Å². The molecule has 1 unspecified atom stereocenters. The summed E-state index contributed by atoms with van der Waals surface area (Å²) in [5.41, 5.74) is 3.83. The van der Waals surface area contributed by atoms with Crippen LogP contribution in [0.1, 0.15) is 73.7 Å². The third kappa shape index (κ3) is 3.40. The molecule has 5 heteroatoms. The zero-order chi connectivity index (χ0) is 22.4. The predicted molar refractivity (Wildman–Crippen MR) is 123 cm³/mol. The smallest absolute Gasteiger partial charge is 0.295 e. The zero-order valence-electron chi connectivity index (χ0n) is 18.6. The van der Waals surface area contributed by atoms with Crippen LogP contribution in [0.5, 0.6) is 5.75 Å². The highest BCUT2D eigenvalue weighted by molar-refractivity contribution is 6.46. The van der Waals surface area contributed by atoms with Gasteiger partial charge in [0, 0.05) is 18.0 Å². The summed E-state index contributed by atoms with van der Waals surface area (Å²) in [6.07, 6.45) is 4.66. The second kappa shape index (κ2) is 8.12. The van der Waals surface area contributed by atoms with E-state index >= 15 is 0 Å². The van der Waals surface area contributed by atoms with Crippen LogP contribution in [0, 0.1) is 0 Å². The standard InChI is InChI=1S/C27H29NO4/c1-16(2)17-7-9-18(10-8-17)24-23(26(30)27(31)28(24)21-5-3-4-6-21)25(29)20-11-12-22-19(15-20)13-14-32-22/h7-12,15-16,21,24,29H,3-6,13-14H2,1-2H3/b25-23-. The molecular weight excluding hydrogens is 402 g/mol. The molecule has 32 heavy (non-hydrogen) atoms. The summed E-state index contributed by atoms with van der Waals surface area (Å²) in [4.78, 5) is 28.2. The minimum atomic E-state index is -0.593. The number of carbonyl (C=O) groups is 2. The molecule has 1 aliphatic carbocycles. The number of aliphatic hydroxyl groups is 1. The number of aliphatic hydroxyl groups excluding tert-OH is 1. The first-order valence-electron chi connectivity index (χ1n) is 11.6. The fraction of sp³-hybridized carbons (Fsp3) is 0.407. The molecule has 2 fully saturated rings. The highest BCUT2D eigenvalue weighted by atomic mass is 16.5. The molecule has 5 rings (SSSR count). The van der Waals surface area contributed by atoms with Gasteiger partial charge >= 0.3 is 0 Å². The Balaban J connectivity index is 1.64. The summed E-state index contributed by atoms with van der Waals surface area (Å²) >= 11 is 0. The van der Waals surface area contributed by atoms with Crippen molar-refractivity contribution in [3.8, 4) is 5.75 Å². The summed E-state index contributed by atoms with van der Waals surface area (Å²) in [7, 11) is 0. The molecule has 0 spiro atoms. The van der Waals surface area contributed by atoms with E-state index in [1.807, 2.05) is 24.3 Å². The van der Waals surface area contributed by atoms with Crippen molar-refractivity contribution in [1.29, 1.82) is 0 Å². The molecule has 5 nitrogen and oxygen atoms in total. The van der Waals surface area contributed by atoms with Gasteiger partial charge in [-0.15, -0.1) is 0 Å². The van der Waals surface area contributed by atoms with Gasteiger partial charge < -0.3 is 14.7 Å². The fourth-order valence-electron chi connectivity index (χ4n) is 5.29. The minimum absolute atomic E-state index is 0.0277. The number of amides is 1. The van der Waals surface area contributed by atoms with Gasteiger partial charge in [-0.25, -0.2) is 0 Å². The number of rotatable bonds is 4. The van der Waals surface area contributed by atoms with Crippen molar-refractivity contribution >= 4 is 17.4 Å². The van der Waals surface area contributed by atoms with Crippen molar-refractivity contribution < 1.29 is 19.4 Å². The summed E-state index contributed by atoms with van der Waals surface area (Å²) in [5, 5.41) is 11.3. The highest BCUT2D eigenvalue weighted by Crippen LogP contribution is 2.44. The van der Waals surface area contributed by atoms with Crippen LogP contribution in [0.25, 0.3) is 5.76 Å². The number of Topliss-reactive ketones (excluding diaryl/α,β-unsaturated/α-hetero) is 1. The molecule has 0 aromatic heterocycles. The second-order valence-corrected chi connectivity index (χ2v) is 9.39. The van der Waals surface area contributed by atoms with E-state index in [1.54, 1.807) is 11.0 Å². The topological polar surface area (TPSA) is 66.8 Å². The largest absolute Gasteiger partial charge is 0.507 e. The van der Waals surface area contributed by atoms with Gasteiger partial charge in [0.15, 0.2) is 0 Å². The minimum Gasteiger partial charge on any atom is -0.507 e. The molecule has 1 saturated heterocycles. The van der Waals surface area contributed by atoms with Gasteiger partial charge in [0.05, 0.1) is 18.2 Å². The predicted octanol–water partition coefficient (Wildman–Crippen LogP) is 5.11. The summed E-state index contributed by atoms with van der Waals surface area (Å²) < 4.78 is 5.58. The monoisotopic (exact) mass is 431 g/mol. The van der Waals surface area contributed by atoms with Crippen LogP contribution in [0.4, 0.5) is 0 Å². The number of ether oxygens (including phenoxy) is 1. The first-order chi connectivity index (χ1) is 15.5. The van der Waals surface area contributed by atoms with E-state index in [1.165, 1.54) is 5.56 Å². The van der Waals surface area contributed by atoms with Gasteiger partial charge in [0.25, 0.3) is 11.7 Å². The van der Waals surface area contributed by atoms with E-state index in [0.29, 0.717) is 18.1 Å². The molecule has 2 aliphatic heterocycles. The third-order valence-electron chi connectivity index (χ3n) is 7.08. The molecule has 0 radical (unpaired) electrons. The summed E-state index contributed by atoms with van der Waals surface area (Å²) in [6.45, 7) is 4.89. The lowest BCUT2D eigenvalue weighted by atomic mass is 9.92. The van der Waals surface area contributed by atoms with Crippen molar-refractivity contribution in [3.05, 3.63) is 70.3 Å². The number of benzene rings is 2. The molecule has 2 aromatic rings. The molecule has 0 bridgehead atoms. The fourth-order valence-corrected chi connectivity index (χ4v) is 5.29. The van der Waals surface area contributed by atoms with Crippen molar-refractivity contribution in [2.45, 2.75) is 64.0 Å². The summed E-state index contributed by atoms with van der Waals surface area (Å²) in [5.74, 6) is 0.00843. The molecule has 1 atom stereocenters. The van der Waals surface area contributed by atoms with Crippen molar-refractivity contribution in [2.24, 2.45) is 0 Å². The first-order valence-corrected chi connectivity index (χ1v) is 11.6. The highest BCUT2D eigenvalue weighted by Gasteiger charge is 2.49. The lowest BCUT2D eigenvalue weighted by Crippen LogP contribution is -2.37. The average molecular weight is 432 g/mol. The number of likely N-dealkylation sites (tertiary alicyclic amines) is 1. The number of fused-ring (bicyclic) bond motifs is 1. The molecule has 3 aliphatic rings. The van der Waals surface area contributed by atoms with Crippen LogP contribution in [0.2, 0.25) is 0 Å². The van der Waals surface area contributed by atoms with Crippen molar-refractivity contribution in [2.75, 3.05) is 6.61 Å². The van der Waals surface area contributed by atoms with Crippen LogP contribution in [0.3, 0.4) is 0 Å². The van der Waals surface area contributed by atoms with E-state index in [0.717, 1.165) is 49.0 Å². The molecule has 2 aromatic carbocycles. The van der Waals surface area contributed by atoms with Gasteiger partial charge in [-0.2, -0.15) is 0 Å². The van der Waals surface area contributed by atoms with E-state index < -0.39 is 17.7 Å². The SMILES string of the molecule is CC(C)c1ccc(C2/C(=C(/O)c3ccc4c(c3)CCO4)C(=O)C(=O)N2C2CCCC2)cc1. The van der Waals surface area contributed by atoms with Crippen LogP contribution >= 0.6 is 0 Å². The number of carbonyl (C=O) groups excluding carboxylic acids is 2. The Labute approximate surface area is 188 Å². The average Bonchev–Trinajstić information content (AvgIpc) is 3.53. The summed E-state index contributed by atoms with van der Waals surface area (Å²) in [6, 6.07) is 13.0. The maximum absolute atomic E-state index is 13.2. The van der Waals surface area contributed by atoms with E-state index in [4.69, 9.17) is 4.74 Å². The van der Waals surface area contributed by atoms with Crippen LogP contribution in [-0.4, -0.2) is 34.3 Å². The maximum atomic E-state index is 13.2. The van der Waals surface area contributed by atoms with Crippen LogP contribution in [-0.2, 0) is 16.0 Å². The maximum Gasteiger partial charge on any atom is 0.295 e. The Bertz CT molecular complexity index is 1090. The Morgan fingerprint density at radius 2 is 1.78 bits per heavy atom. The lowest BCUT2D eigenvalue weighted by molar-refractivity contribution is -0.141. The molecule has 166 valence electrons. The van der Waals surface area contributed by atoms with Crippen LogP contribution in [0.15, 0.2) is 48.0 Å². The number of ketones is 1. The molecular formula is C27H29NO4. The number of hydrogen-bond acceptors (Lipinski definition) is 4. The Hall–Kier alpha value is -3.08.